The first-order valence-electron chi connectivity index (χ1n) is 5.50. The Balaban J connectivity index is 2.71. The van der Waals surface area contributed by atoms with Crippen LogP contribution in [0.25, 0.3) is 0 Å². The maximum absolute atomic E-state index is 10.8. The fraction of sp³-hybridized carbons (Fsp3) is 0.583. The quantitative estimate of drug-likeness (QED) is 0.832. The van der Waals surface area contributed by atoms with Crippen molar-refractivity contribution in [1.82, 2.24) is 4.90 Å². The van der Waals surface area contributed by atoms with Gasteiger partial charge in [-0.1, -0.05) is 19.9 Å². The summed E-state index contributed by atoms with van der Waals surface area (Å²) in [6, 6.07) is 4.24. The van der Waals surface area contributed by atoms with E-state index in [1.54, 1.807) is 11.3 Å². The smallest absolute Gasteiger partial charge is 0.317 e. The van der Waals surface area contributed by atoms with E-state index in [1.807, 2.05) is 16.3 Å². The van der Waals surface area contributed by atoms with Crippen molar-refractivity contribution in [2.45, 2.75) is 26.8 Å². The second-order valence-corrected chi connectivity index (χ2v) is 5.39. The predicted molar refractivity (Wildman–Crippen MR) is 66.8 cm³/mol. The van der Waals surface area contributed by atoms with Gasteiger partial charge < -0.3 is 5.11 Å². The minimum atomic E-state index is -0.760. The molecule has 0 aliphatic rings. The van der Waals surface area contributed by atoms with E-state index in [-0.39, 0.29) is 12.6 Å². The van der Waals surface area contributed by atoms with Crippen molar-refractivity contribution in [3.63, 3.8) is 0 Å². The number of rotatable bonds is 6. The molecule has 1 N–H and O–H groups in total. The van der Waals surface area contributed by atoms with Crippen molar-refractivity contribution >= 4 is 17.3 Å². The van der Waals surface area contributed by atoms with Crippen molar-refractivity contribution in [1.29, 1.82) is 0 Å². The average molecular weight is 241 g/mol. The molecule has 0 aromatic carbocycles. The molecule has 1 unspecified atom stereocenters. The number of thiophene rings is 1. The van der Waals surface area contributed by atoms with Crippen LogP contribution in [0.1, 0.15) is 31.7 Å². The minimum absolute atomic E-state index is 0.108. The normalized spacial score (nSPS) is 13.3. The monoisotopic (exact) mass is 241 g/mol. The first kappa shape index (κ1) is 13.2. The molecule has 0 aliphatic carbocycles. The highest BCUT2D eigenvalue weighted by molar-refractivity contribution is 7.10. The Hall–Kier alpha value is -0.870. The Morgan fingerprint density at radius 1 is 1.50 bits per heavy atom. The van der Waals surface area contributed by atoms with E-state index in [4.69, 9.17) is 5.11 Å². The number of carbonyl (C=O) groups is 1. The van der Waals surface area contributed by atoms with Crippen LogP contribution in [-0.4, -0.2) is 29.1 Å². The molecule has 4 heteroatoms. The van der Waals surface area contributed by atoms with Gasteiger partial charge in [0.25, 0.3) is 0 Å². The fourth-order valence-corrected chi connectivity index (χ4v) is 2.53. The molecule has 1 aromatic heterocycles. The number of carboxylic acids is 1. The van der Waals surface area contributed by atoms with Crippen LogP contribution < -0.4 is 0 Å². The van der Waals surface area contributed by atoms with Gasteiger partial charge in [-0.05, 0) is 24.3 Å². The lowest BCUT2D eigenvalue weighted by Crippen LogP contribution is -2.34. The van der Waals surface area contributed by atoms with E-state index in [1.165, 1.54) is 4.88 Å². The standard InChI is InChI=1S/C12H19NO2S/c1-9(2)7-13(8-12(14)15)10(3)11-5-4-6-16-11/h4-6,9-10H,7-8H2,1-3H3,(H,14,15). The highest BCUT2D eigenvalue weighted by Gasteiger charge is 2.19. The zero-order valence-electron chi connectivity index (χ0n) is 10.0. The molecule has 0 saturated heterocycles. The number of nitrogens with zero attached hydrogens (tertiary/aromatic N) is 1. The Bertz CT molecular complexity index is 322. The molecule has 0 aliphatic heterocycles. The van der Waals surface area contributed by atoms with E-state index >= 15 is 0 Å². The van der Waals surface area contributed by atoms with E-state index in [2.05, 4.69) is 26.8 Å². The molecule has 0 bridgehead atoms. The summed E-state index contributed by atoms with van der Waals surface area (Å²) in [5.74, 6) is -0.286. The molecule has 0 amide bonds. The average Bonchev–Trinajstić information content (AvgIpc) is 2.66. The van der Waals surface area contributed by atoms with Gasteiger partial charge in [0.05, 0.1) is 6.54 Å². The van der Waals surface area contributed by atoms with Crippen molar-refractivity contribution in [2.75, 3.05) is 13.1 Å². The van der Waals surface area contributed by atoms with Crippen LogP contribution in [0.3, 0.4) is 0 Å². The van der Waals surface area contributed by atoms with Crippen LogP contribution in [-0.2, 0) is 4.79 Å². The van der Waals surface area contributed by atoms with Gasteiger partial charge in [0.15, 0.2) is 0 Å². The molecule has 0 radical (unpaired) electrons. The molecule has 1 rings (SSSR count). The van der Waals surface area contributed by atoms with E-state index < -0.39 is 5.97 Å². The summed E-state index contributed by atoms with van der Waals surface area (Å²) in [7, 11) is 0. The third-order valence-electron chi connectivity index (χ3n) is 2.44. The number of carboxylic acid groups (broad SMARTS) is 1. The summed E-state index contributed by atoms with van der Waals surface area (Å²) in [5.41, 5.74) is 0. The van der Waals surface area contributed by atoms with Gasteiger partial charge in [-0.3, -0.25) is 9.69 Å². The first-order valence-corrected chi connectivity index (χ1v) is 6.38. The van der Waals surface area contributed by atoms with Gasteiger partial charge in [0, 0.05) is 17.5 Å². The lowest BCUT2D eigenvalue weighted by atomic mass is 10.1. The van der Waals surface area contributed by atoms with Crippen LogP contribution in [0, 0.1) is 5.92 Å². The van der Waals surface area contributed by atoms with Crippen LogP contribution in [0.2, 0.25) is 0 Å². The highest BCUT2D eigenvalue weighted by atomic mass is 32.1. The maximum atomic E-state index is 10.8. The van der Waals surface area contributed by atoms with Gasteiger partial charge >= 0.3 is 5.97 Å². The van der Waals surface area contributed by atoms with Gasteiger partial charge in [-0.25, -0.2) is 0 Å². The van der Waals surface area contributed by atoms with Crippen LogP contribution in [0.5, 0.6) is 0 Å². The predicted octanol–water partition coefficient (Wildman–Crippen LogP) is 2.85. The van der Waals surface area contributed by atoms with E-state index in [0.29, 0.717) is 5.92 Å². The maximum Gasteiger partial charge on any atom is 0.317 e. The summed E-state index contributed by atoms with van der Waals surface area (Å²) in [5, 5.41) is 10.9. The summed E-state index contributed by atoms with van der Waals surface area (Å²) < 4.78 is 0. The van der Waals surface area contributed by atoms with Crippen molar-refractivity contribution in [3.8, 4) is 0 Å². The zero-order valence-corrected chi connectivity index (χ0v) is 10.8. The SMILES string of the molecule is CC(C)CN(CC(=O)O)C(C)c1cccs1. The molecule has 3 nitrogen and oxygen atoms in total. The summed E-state index contributed by atoms with van der Waals surface area (Å²) >= 11 is 1.68. The molecule has 0 saturated carbocycles. The molecule has 1 aromatic rings. The third kappa shape index (κ3) is 3.94. The van der Waals surface area contributed by atoms with Crippen molar-refractivity contribution < 1.29 is 9.90 Å². The van der Waals surface area contributed by atoms with Crippen LogP contribution in [0.15, 0.2) is 17.5 Å². The number of hydrogen-bond acceptors (Lipinski definition) is 3. The third-order valence-corrected chi connectivity index (χ3v) is 3.48. The van der Waals surface area contributed by atoms with Crippen molar-refractivity contribution in [3.05, 3.63) is 22.4 Å². The zero-order chi connectivity index (χ0) is 12.1. The first-order chi connectivity index (χ1) is 7.50. The van der Waals surface area contributed by atoms with Crippen LogP contribution in [0.4, 0.5) is 0 Å². The van der Waals surface area contributed by atoms with E-state index in [9.17, 15) is 4.79 Å². The topological polar surface area (TPSA) is 40.5 Å². The molecule has 90 valence electrons. The van der Waals surface area contributed by atoms with Gasteiger partial charge in [-0.15, -0.1) is 11.3 Å². The molecular weight excluding hydrogens is 222 g/mol. The molecule has 0 spiro atoms. The van der Waals surface area contributed by atoms with Gasteiger partial charge in [0.1, 0.15) is 0 Å². The molecule has 16 heavy (non-hydrogen) atoms. The Labute approximate surface area is 101 Å². The van der Waals surface area contributed by atoms with Crippen molar-refractivity contribution in [2.24, 2.45) is 5.92 Å². The molecular formula is C12H19NO2S. The largest absolute Gasteiger partial charge is 0.480 e. The molecule has 1 heterocycles. The fourth-order valence-electron chi connectivity index (χ4n) is 1.71. The van der Waals surface area contributed by atoms with Crippen LogP contribution >= 0.6 is 11.3 Å². The Morgan fingerprint density at radius 3 is 2.62 bits per heavy atom. The molecule has 0 fully saturated rings. The summed E-state index contributed by atoms with van der Waals surface area (Å²) in [6.07, 6.45) is 0. The lowest BCUT2D eigenvalue weighted by molar-refractivity contribution is -0.139. The summed E-state index contributed by atoms with van der Waals surface area (Å²) in [6.45, 7) is 7.20. The Morgan fingerprint density at radius 2 is 2.19 bits per heavy atom. The number of aliphatic carboxylic acids is 1. The number of hydrogen-bond donors (Lipinski definition) is 1. The summed E-state index contributed by atoms with van der Waals surface area (Å²) in [4.78, 5) is 14.1. The second-order valence-electron chi connectivity index (χ2n) is 4.41. The van der Waals surface area contributed by atoms with Gasteiger partial charge in [0.2, 0.25) is 0 Å². The highest BCUT2D eigenvalue weighted by Crippen LogP contribution is 2.24. The Kier molecular flexibility index (Phi) is 4.96. The van der Waals surface area contributed by atoms with E-state index in [0.717, 1.165) is 6.54 Å². The lowest BCUT2D eigenvalue weighted by Gasteiger charge is -2.28. The molecule has 1 atom stereocenters. The van der Waals surface area contributed by atoms with Gasteiger partial charge in [-0.2, -0.15) is 0 Å². The second kappa shape index (κ2) is 6.01. The minimum Gasteiger partial charge on any atom is -0.480 e.